The van der Waals surface area contributed by atoms with Gasteiger partial charge in [0.05, 0.1) is 10.8 Å². The van der Waals surface area contributed by atoms with Crippen LogP contribution in [-0.2, 0) is 20.4 Å². The summed E-state index contributed by atoms with van der Waals surface area (Å²) in [6.45, 7) is 1.37. The molecular formula is C19H20N2O5S. The van der Waals surface area contributed by atoms with E-state index in [0.29, 0.717) is 10.6 Å². The molecule has 2 amide bonds. The molecule has 0 aliphatic rings. The summed E-state index contributed by atoms with van der Waals surface area (Å²) in [6.07, 6.45) is 0.0343. The highest BCUT2D eigenvalue weighted by Gasteiger charge is 2.21. The van der Waals surface area contributed by atoms with Crippen LogP contribution in [0.15, 0.2) is 59.5 Å². The van der Waals surface area contributed by atoms with Crippen LogP contribution < -0.4 is 10.6 Å². The molecule has 0 bridgehead atoms. The monoisotopic (exact) mass is 388 g/mol. The number of rotatable bonds is 8. The summed E-state index contributed by atoms with van der Waals surface area (Å²) in [5.74, 6) is -1.86. The summed E-state index contributed by atoms with van der Waals surface area (Å²) in [6, 6.07) is 13.7. The first-order valence-corrected chi connectivity index (χ1v) is 9.53. The second kappa shape index (κ2) is 9.63. The van der Waals surface area contributed by atoms with Crippen LogP contribution in [0.5, 0.6) is 0 Å². The molecule has 2 atom stereocenters. The van der Waals surface area contributed by atoms with Crippen molar-refractivity contribution >= 4 is 34.3 Å². The van der Waals surface area contributed by atoms with Crippen molar-refractivity contribution < 1.29 is 23.7 Å². The maximum Gasteiger partial charge on any atom is 0.326 e. The molecule has 2 aromatic carbocycles. The SMILES string of the molecule is CC(=O)Nc1ccc(C(=O)N[C@@H](CC[S@@](=O)c2ccccc2)C(=O)O)cc1. The largest absolute Gasteiger partial charge is 0.480 e. The van der Waals surface area contributed by atoms with E-state index >= 15 is 0 Å². The van der Waals surface area contributed by atoms with Crippen molar-refractivity contribution in [3.8, 4) is 0 Å². The van der Waals surface area contributed by atoms with Gasteiger partial charge in [-0.25, -0.2) is 4.79 Å². The normalized spacial score (nSPS) is 12.6. The summed E-state index contributed by atoms with van der Waals surface area (Å²) in [5.41, 5.74) is 0.798. The van der Waals surface area contributed by atoms with Crippen molar-refractivity contribution in [1.29, 1.82) is 0 Å². The molecule has 0 aromatic heterocycles. The third-order valence-corrected chi connectivity index (χ3v) is 5.07. The van der Waals surface area contributed by atoms with Crippen LogP contribution in [0.2, 0.25) is 0 Å². The fourth-order valence-electron chi connectivity index (χ4n) is 2.32. The van der Waals surface area contributed by atoms with Gasteiger partial charge in [0.15, 0.2) is 0 Å². The van der Waals surface area contributed by atoms with Crippen LogP contribution >= 0.6 is 0 Å². The number of hydrogen-bond donors (Lipinski definition) is 3. The lowest BCUT2D eigenvalue weighted by Crippen LogP contribution is -2.41. The predicted octanol–water partition coefficient (Wildman–Crippen LogP) is 2.03. The minimum absolute atomic E-state index is 0.0343. The Morgan fingerprint density at radius 2 is 1.67 bits per heavy atom. The molecule has 0 aliphatic heterocycles. The highest BCUT2D eigenvalue weighted by Crippen LogP contribution is 2.11. The van der Waals surface area contributed by atoms with Crippen molar-refractivity contribution in [1.82, 2.24) is 5.32 Å². The van der Waals surface area contributed by atoms with Crippen LogP contribution in [0.4, 0.5) is 5.69 Å². The lowest BCUT2D eigenvalue weighted by atomic mass is 10.1. The number of carbonyl (C=O) groups is 3. The second-order valence-electron chi connectivity index (χ2n) is 5.77. The summed E-state index contributed by atoms with van der Waals surface area (Å²) in [7, 11) is -1.34. The number of hydrogen-bond acceptors (Lipinski definition) is 4. The highest BCUT2D eigenvalue weighted by molar-refractivity contribution is 7.85. The minimum atomic E-state index is -1.34. The number of anilines is 1. The van der Waals surface area contributed by atoms with E-state index in [-0.39, 0.29) is 23.6 Å². The van der Waals surface area contributed by atoms with E-state index in [4.69, 9.17) is 0 Å². The van der Waals surface area contributed by atoms with Crippen LogP contribution in [0, 0.1) is 0 Å². The van der Waals surface area contributed by atoms with Gasteiger partial charge in [0.25, 0.3) is 5.91 Å². The first-order valence-electron chi connectivity index (χ1n) is 8.21. The number of aliphatic carboxylic acids is 1. The fourth-order valence-corrected chi connectivity index (χ4v) is 3.47. The number of carboxylic acid groups (broad SMARTS) is 1. The van der Waals surface area contributed by atoms with Crippen molar-refractivity contribution in [3.63, 3.8) is 0 Å². The smallest absolute Gasteiger partial charge is 0.326 e. The molecule has 0 aliphatic carbocycles. The second-order valence-corrected chi connectivity index (χ2v) is 7.34. The Labute approximate surface area is 159 Å². The van der Waals surface area contributed by atoms with Gasteiger partial charge in [-0.1, -0.05) is 18.2 Å². The molecule has 0 heterocycles. The maximum atomic E-state index is 12.3. The first kappa shape index (κ1) is 20.3. The van der Waals surface area contributed by atoms with Crippen LogP contribution in [-0.4, -0.2) is 38.9 Å². The van der Waals surface area contributed by atoms with Crippen LogP contribution in [0.3, 0.4) is 0 Å². The Bertz CT molecular complexity index is 837. The van der Waals surface area contributed by atoms with Gasteiger partial charge in [-0.3, -0.25) is 13.8 Å². The zero-order chi connectivity index (χ0) is 19.8. The Morgan fingerprint density at radius 3 is 2.22 bits per heavy atom. The van der Waals surface area contributed by atoms with E-state index in [1.165, 1.54) is 19.1 Å². The fraction of sp³-hybridized carbons (Fsp3) is 0.211. The van der Waals surface area contributed by atoms with Crippen molar-refractivity contribution in [2.24, 2.45) is 0 Å². The Kier molecular flexibility index (Phi) is 7.25. The van der Waals surface area contributed by atoms with E-state index in [1.54, 1.807) is 42.5 Å². The highest BCUT2D eigenvalue weighted by atomic mass is 32.2. The molecule has 2 aromatic rings. The van der Waals surface area contributed by atoms with Gasteiger partial charge in [-0.05, 0) is 42.8 Å². The molecule has 8 heteroatoms. The number of carbonyl (C=O) groups excluding carboxylic acids is 2. The molecule has 0 saturated heterocycles. The van der Waals surface area contributed by atoms with Gasteiger partial charge >= 0.3 is 5.97 Å². The van der Waals surface area contributed by atoms with E-state index in [9.17, 15) is 23.7 Å². The average molecular weight is 388 g/mol. The summed E-state index contributed by atoms with van der Waals surface area (Å²) >= 11 is 0. The van der Waals surface area contributed by atoms with Crippen molar-refractivity contribution in [2.45, 2.75) is 24.3 Å². The maximum absolute atomic E-state index is 12.3. The number of carboxylic acids is 1. The molecule has 142 valence electrons. The van der Waals surface area contributed by atoms with Crippen molar-refractivity contribution in [2.75, 3.05) is 11.1 Å². The van der Waals surface area contributed by atoms with E-state index in [2.05, 4.69) is 10.6 Å². The average Bonchev–Trinajstić information content (AvgIpc) is 2.65. The topological polar surface area (TPSA) is 113 Å². The molecule has 7 nitrogen and oxygen atoms in total. The Hall–Kier alpha value is -3.00. The van der Waals surface area contributed by atoms with E-state index in [0.717, 1.165) is 0 Å². The zero-order valence-electron chi connectivity index (χ0n) is 14.7. The molecule has 27 heavy (non-hydrogen) atoms. The van der Waals surface area contributed by atoms with E-state index < -0.39 is 28.7 Å². The molecule has 3 N–H and O–H groups in total. The predicted molar refractivity (Wildman–Crippen MR) is 102 cm³/mol. The Morgan fingerprint density at radius 1 is 1.04 bits per heavy atom. The lowest BCUT2D eigenvalue weighted by Gasteiger charge is -2.14. The molecule has 0 spiro atoms. The summed E-state index contributed by atoms with van der Waals surface area (Å²) in [5, 5.41) is 14.4. The quantitative estimate of drug-likeness (QED) is 0.640. The van der Waals surface area contributed by atoms with Gasteiger partial charge in [-0.15, -0.1) is 0 Å². The molecule has 0 radical (unpaired) electrons. The third-order valence-electron chi connectivity index (χ3n) is 3.67. The molecule has 0 saturated carbocycles. The number of amides is 2. The van der Waals surface area contributed by atoms with Gasteiger partial charge in [0.2, 0.25) is 5.91 Å². The number of benzene rings is 2. The molecule has 2 rings (SSSR count). The standard InChI is InChI=1S/C19H20N2O5S/c1-13(22)20-15-9-7-14(8-10-15)18(23)21-17(19(24)25)11-12-27(26)16-5-3-2-4-6-16/h2-10,17H,11-12H2,1H3,(H,20,22)(H,21,23)(H,24,25)/t17-,27+/m0/s1. The molecule has 0 unspecified atom stereocenters. The van der Waals surface area contributed by atoms with Gasteiger partial charge in [0, 0.05) is 28.8 Å². The molecule has 0 fully saturated rings. The summed E-state index contributed by atoms with van der Waals surface area (Å²) < 4.78 is 12.2. The van der Waals surface area contributed by atoms with E-state index in [1.807, 2.05) is 0 Å². The molecular weight excluding hydrogens is 368 g/mol. The van der Waals surface area contributed by atoms with Crippen LogP contribution in [0.25, 0.3) is 0 Å². The van der Waals surface area contributed by atoms with Crippen LogP contribution in [0.1, 0.15) is 23.7 Å². The summed E-state index contributed by atoms with van der Waals surface area (Å²) in [4.78, 5) is 35.3. The van der Waals surface area contributed by atoms with Gasteiger partial charge < -0.3 is 15.7 Å². The number of nitrogens with one attached hydrogen (secondary N) is 2. The zero-order valence-corrected chi connectivity index (χ0v) is 15.5. The van der Waals surface area contributed by atoms with Gasteiger partial charge in [0.1, 0.15) is 6.04 Å². The first-order chi connectivity index (χ1) is 12.9. The van der Waals surface area contributed by atoms with Gasteiger partial charge in [-0.2, -0.15) is 0 Å². The minimum Gasteiger partial charge on any atom is -0.480 e. The van der Waals surface area contributed by atoms with Crippen molar-refractivity contribution in [3.05, 3.63) is 60.2 Å². The third kappa shape index (κ3) is 6.34. The lowest BCUT2D eigenvalue weighted by molar-refractivity contribution is -0.139. The Balaban J connectivity index is 1.96.